The third-order valence-corrected chi connectivity index (χ3v) is 6.36. The molecule has 5 rings (SSSR count). The van der Waals surface area contributed by atoms with Crippen molar-refractivity contribution in [1.82, 2.24) is 9.88 Å². The predicted molar refractivity (Wildman–Crippen MR) is 120 cm³/mol. The first-order valence-electron chi connectivity index (χ1n) is 10.1. The van der Waals surface area contributed by atoms with E-state index >= 15 is 4.39 Å². The number of carboxylic acid groups (broad SMARTS) is 1. The van der Waals surface area contributed by atoms with Crippen LogP contribution in [0.2, 0.25) is 0 Å². The summed E-state index contributed by atoms with van der Waals surface area (Å²) in [5, 5.41) is 12.5. The highest BCUT2D eigenvalue weighted by Gasteiger charge is 2.37. The van der Waals surface area contributed by atoms with Crippen LogP contribution in [0.15, 0.2) is 35.3 Å². The number of fused-ring (bicyclic) bond motifs is 2. The number of benzene rings is 2. The Morgan fingerprint density at radius 1 is 1.00 bits per heavy atom. The zero-order chi connectivity index (χ0) is 22.7. The van der Waals surface area contributed by atoms with Gasteiger partial charge in [-0.3, -0.25) is 4.79 Å². The highest BCUT2D eigenvalue weighted by atomic mass is 35.5. The van der Waals surface area contributed by atoms with Crippen molar-refractivity contribution in [3.05, 3.63) is 63.7 Å². The molecule has 174 valence electrons. The first-order chi connectivity index (χ1) is 15.2. The van der Waals surface area contributed by atoms with Crippen LogP contribution in [0.25, 0.3) is 16.6 Å². The maximum Gasteiger partial charge on any atom is 0.341 e. The Balaban J connectivity index is 0.00000259. The quantitative estimate of drug-likeness (QED) is 0.498. The summed E-state index contributed by atoms with van der Waals surface area (Å²) in [6.07, 6.45) is 0.951. The van der Waals surface area contributed by atoms with Gasteiger partial charge in [0.2, 0.25) is 5.43 Å². The Kier molecular flexibility index (Phi) is 5.75. The number of aromatic nitrogens is 1. The van der Waals surface area contributed by atoms with Gasteiger partial charge in [-0.1, -0.05) is 0 Å². The van der Waals surface area contributed by atoms with Gasteiger partial charge in [0.1, 0.15) is 23.0 Å². The molecule has 4 N–H and O–H groups in total. The lowest BCUT2D eigenvalue weighted by atomic mass is 10.0. The van der Waals surface area contributed by atoms with Crippen molar-refractivity contribution in [1.29, 1.82) is 0 Å². The second-order valence-corrected chi connectivity index (χ2v) is 8.28. The van der Waals surface area contributed by atoms with Gasteiger partial charge in [0, 0.05) is 43.8 Å². The largest absolute Gasteiger partial charge is 0.477 e. The number of carbonyl (C=O) groups is 1. The van der Waals surface area contributed by atoms with E-state index in [0.29, 0.717) is 31.0 Å². The number of pyridine rings is 1. The lowest BCUT2D eigenvalue weighted by molar-refractivity contribution is 0.0695. The molecule has 2 fully saturated rings. The highest BCUT2D eigenvalue weighted by molar-refractivity contribution is 5.94. The number of anilines is 2. The van der Waals surface area contributed by atoms with E-state index in [9.17, 15) is 23.5 Å². The van der Waals surface area contributed by atoms with Crippen molar-refractivity contribution >= 4 is 40.7 Å². The molecule has 0 amide bonds. The fraction of sp³-hybridized carbons (Fsp3) is 0.273. The van der Waals surface area contributed by atoms with Crippen LogP contribution in [0.4, 0.5) is 24.5 Å². The summed E-state index contributed by atoms with van der Waals surface area (Å²) in [5.74, 6) is -3.46. The maximum absolute atomic E-state index is 15.1. The van der Waals surface area contributed by atoms with E-state index in [2.05, 4.69) is 5.32 Å². The molecule has 7 nitrogen and oxygen atoms in total. The van der Waals surface area contributed by atoms with Gasteiger partial charge >= 0.3 is 5.97 Å². The molecule has 0 spiro atoms. The molecule has 1 aromatic heterocycles. The van der Waals surface area contributed by atoms with Gasteiger partial charge < -0.3 is 25.6 Å². The molecule has 2 saturated heterocycles. The fourth-order valence-corrected chi connectivity index (χ4v) is 4.72. The fourth-order valence-electron chi connectivity index (χ4n) is 4.72. The number of nitrogens with two attached hydrogens (primary N) is 1. The van der Waals surface area contributed by atoms with Gasteiger partial charge in [-0.25, -0.2) is 18.0 Å². The lowest BCUT2D eigenvalue weighted by Gasteiger charge is -2.22. The van der Waals surface area contributed by atoms with Crippen molar-refractivity contribution < 1.29 is 23.1 Å². The van der Waals surface area contributed by atoms with Crippen LogP contribution in [-0.4, -0.2) is 41.8 Å². The van der Waals surface area contributed by atoms with Gasteiger partial charge in [-0.15, -0.1) is 12.4 Å². The molecular weight excluding hydrogens is 461 g/mol. The van der Waals surface area contributed by atoms with Crippen LogP contribution in [0.5, 0.6) is 0 Å². The van der Waals surface area contributed by atoms with Crippen LogP contribution in [0.1, 0.15) is 10.4 Å². The summed E-state index contributed by atoms with van der Waals surface area (Å²) in [4.78, 5) is 26.2. The second kappa shape index (κ2) is 8.27. The SMILES string of the molecule is Cl.Nc1cc(-n2cc(C(=O)O)c(=O)c3cc(F)c(N4CC5CNCC5C4)cc32)c(F)cc1F. The van der Waals surface area contributed by atoms with E-state index in [-0.39, 0.29) is 40.4 Å². The van der Waals surface area contributed by atoms with Crippen molar-refractivity contribution in [3.63, 3.8) is 0 Å². The minimum Gasteiger partial charge on any atom is -0.477 e. The number of halogens is 4. The van der Waals surface area contributed by atoms with Crippen molar-refractivity contribution in [3.8, 4) is 5.69 Å². The molecule has 2 unspecified atom stereocenters. The summed E-state index contributed by atoms with van der Waals surface area (Å²) < 4.78 is 44.6. The van der Waals surface area contributed by atoms with Gasteiger partial charge in [-0.05, 0) is 30.0 Å². The number of aromatic carboxylic acids is 1. The van der Waals surface area contributed by atoms with Crippen LogP contribution < -0.4 is 21.4 Å². The topological polar surface area (TPSA) is 101 Å². The zero-order valence-corrected chi connectivity index (χ0v) is 18.0. The number of nitrogens with one attached hydrogen (secondary N) is 1. The zero-order valence-electron chi connectivity index (χ0n) is 17.1. The van der Waals surface area contributed by atoms with Crippen molar-refractivity contribution in [2.75, 3.05) is 36.8 Å². The van der Waals surface area contributed by atoms with E-state index in [1.165, 1.54) is 6.07 Å². The monoisotopic (exact) mass is 480 g/mol. The van der Waals surface area contributed by atoms with Crippen molar-refractivity contribution in [2.45, 2.75) is 0 Å². The van der Waals surface area contributed by atoms with Gasteiger partial charge in [0.05, 0.1) is 22.6 Å². The number of hydrogen-bond acceptors (Lipinski definition) is 5. The summed E-state index contributed by atoms with van der Waals surface area (Å²) >= 11 is 0. The minimum absolute atomic E-state index is 0. The molecular formula is C22H20ClF3N4O3. The minimum atomic E-state index is -1.55. The van der Waals surface area contributed by atoms with E-state index in [4.69, 9.17) is 5.73 Å². The summed E-state index contributed by atoms with van der Waals surface area (Å²) in [7, 11) is 0. The number of rotatable bonds is 3. The smallest absolute Gasteiger partial charge is 0.341 e. The molecule has 3 heterocycles. The molecule has 0 saturated carbocycles. The Bertz CT molecular complexity index is 1330. The Hall–Kier alpha value is -3.24. The van der Waals surface area contributed by atoms with Crippen LogP contribution >= 0.6 is 12.4 Å². The Morgan fingerprint density at radius 3 is 2.27 bits per heavy atom. The van der Waals surface area contributed by atoms with E-state index in [1.54, 1.807) is 0 Å². The molecule has 2 atom stereocenters. The first-order valence-corrected chi connectivity index (χ1v) is 10.1. The van der Waals surface area contributed by atoms with Crippen LogP contribution in [-0.2, 0) is 0 Å². The third-order valence-electron chi connectivity index (χ3n) is 6.36. The average Bonchev–Trinajstić information content (AvgIpc) is 3.33. The van der Waals surface area contributed by atoms with Crippen LogP contribution in [0.3, 0.4) is 0 Å². The molecule has 0 radical (unpaired) electrons. The normalized spacial score (nSPS) is 19.5. The van der Waals surface area contributed by atoms with E-state index in [0.717, 1.165) is 36.0 Å². The average molecular weight is 481 g/mol. The van der Waals surface area contributed by atoms with E-state index < -0.39 is 34.4 Å². The van der Waals surface area contributed by atoms with Crippen molar-refractivity contribution in [2.24, 2.45) is 11.8 Å². The van der Waals surface area contributed by atoms with E-state index in [1.807, 2.05) is 4.90 Å². The molecule has 2 aromatic carbocycles. The number of carboxylic acids is 1. The highest BCUT2D eigenvalue weighted by Crippen LogP contribution is 2.34. The molecule has 0 bridgehead atoms. The molecule has 0 aliphatic carbocycles. The molecule has 2 aliphatic heterocycles. The molecule has 33 heavy (non-hydrogen) atoms. The molecule has 2 aliphatic rings. The maximum atomic E-state index is 15.1. The number of nitrogen functional groups attached to an aromatic ring is 1. The lowest BCUT2D eigenvalue weighted by Crippen LogP contribution is -2.26. The van der Waals surface area contributed by atoms with Gasteiger partial charge in [0.15, 0.2) is 0 Å². The van der Waals surface area contributed by atoms with Gasteiger partial charge in [-0.2, -0.15) is 0 Å². The predicted octanol–water partition coefficient (Wildman–Crippen LogP) is 2.77. The third kappa shape index (κ3) is 3.68. The first kappa shape index (κ1) is 22.9. The Morgan fingerprint density at radius 2 is 1.64 bits per heavy atom. The number of hydrogen-bond donors (Lipinski definition) is 3. The Labute approximate surface area is 192 Å². The molecule has 3 aromatic rings. The van der Waals surface area contributed by atoms with Crippen LogP contribution in [0, 0.1) is 29.3 Å². The molecule has 11 heteroatoms. The summed E-state index contributed by atoms with van der Waals surface area (Å²) in [6, 6.07) is 3.97. The van der Waals surface area contributed by atoms with Gasteiger partial charge in [0.25, 0.3) is 0 Å². The second-order valence-electron chi connectivity index (χ2n) is 8.28. The number of nitrogens with zero attached hydrogens (tertiary/aromatic N) is 2. The summed E-state index contributed by atoms with van der Waals surface area (Å²) in [5.41, 5.74) is 3.75. The summed E-state index contributed by atoms with van der Waals surface area (Å²) in [6.45, 7) is 2.91. The standard InChI is InChI=1S/C22H19F3N4O3.ClH/c23-14-2-16(25)20(3-17(14)26)29-9-13(22(31)32)21(30)12-1-15(24)19(4-18(12)29)28-7-10-5-27-6-11(10)8-28;/h1-4,9-11,27H,5-8,26H2,(H,31,32);1H.